The Labute approximate surface area is 282 Å². The zero-order valence-electron chi connectivity index (χ0n) is 12.9. The van der Waals surface area contributed by atoms with Gasteiger partial charge in [-0.25, -0.2) is 0 Å². The molecule has 0 aliphatic carbocycles. The van der Waals surface area contributed by atoms with Gasteiger partial charge in [-0.1, -0.05) is 244 Å². The molecule has 0 saturated carbocycles. The molecule has 0 fully saturated rings. The van der Waals surface area contributed by atoms with Gasteiger partial charge >= 0.3 is 0 Å². The summed E-state index contributed by atoms with van der Waals surface area (Å²) in [5.74, 6) is 0. The van der Waals surface area contributed by atoms with Crippen molar-refractivity contribution in [3.63, 3.8) is 0 Å². The molecule has 0 saturated heterocycles. The van der Waals surface area contributed by atoms with Gasteiger partial charge in [0.15, 0.2) is 35.2 Å². The van der Waals surface area contributed by atoms with Gasteiger partial charge in [0.1, 0.15) is 0 Å². The number of halogens is 21. The molecular formula is C10Cl21. The highest BCUT2D eigenvalue weighted by Crippen LogP contribution is 2.74. The van der Waals surface area contributed by atoms with Gasteiger partial charge in [-0.2, -0.15) is 0 Å². The Balaban J connectivity index is 6.91. The Morgan fingerprint density at radius 1 is 0.290 bits per heavy atom. The van der Waals surface area contributed by atoms with E-state index >= 15 is 0 Å². The molecule has 0 atom stereocenters. The van der Waals surface area contributed by atoms with Crippen LogP contribution in [0.15, 0.2) is 0 Å². The van der Waals surface area contributed by atoms with E-state index in [1.54, 1.807) is 0 Å². The molecule has 0 aromatic heterocycles. The first kappa shape index (κ1) is 37.1. The maximum absolute atomic E-state index is 6.26. The third kappa shape index (κ3) is 5.93. The van der Waals surface area contributed by atoms with E-state index in [0.717, 1.165) is 0 Å². The molecule has 0 spiro atoms. The van der Waals surface area contributed by atoms with Crippen molar-refractivity contribution in [1.29, 1.82) is 0 Å². The lowest BCUT2D eigenvalue weighted by Crippen LogP contribution is -2.71. The summed E-state index contributed by atoms with van der Waals surface area (Å²) in [7, 11) is 0. The average Bonchev–Trinajstić information content (AvgIpc) is 2.52. The second-order valence-electron chi connectivity index (χ2n) is 5.35. The average molecular weight is 865 g/mol. The van der Waals surface area contributed by atoms with Crippen LogP contribution < -0.4 is 0 Å². The van der Waals surface area contributed by atoms with E-state index in [-0.39, 0.29) is 0 Å². The third-order valence-electron chi connectivity index (χ3n) is 3.35. The molecule has 0 aromatic carbocycles. The second-order valence-corrected chi connectivity index (χ2v) is 19.2. The lowest BCUT2D eigenvalue weighted by Gasteiger charge is -2.55. The van der Waals surface area contributed by atoms with Crippen LogP contribution in [0.2, 0.25) is 0 Å². The summed E-state index contributed by atoms with van der Waals surface area (Å²) in [6.45, 7) is 0. The van der Waals surface area contributed by atoms with Crippen molar-refractivity contribution < 1.29 is 0 Å². The highest BCUT2D eigenvalue weighted by atomic mass is 35.6. The predicted octanol–water partition coefficient (Wildman–Crippen LogP) is 12.7. The minimum absolute atomic E-state index is 0.853. The summed E-state index contributed by atoms with van der Waals surface area (Å²) < 4.78 is -26.6. The molecule has 1 radical (unpaired) electrons. The SMILES string of the molecule is Cl[C](Cl)C(Cl)(Cl)C(Cl)(Cl)C(Cl)(Cl)C(Cl)(Cl)C(Cl)(Cl)C(Cl)(Cl)C(Cl)(Cl)C(Cl)(Cl)C(Cl)(Cl)Cl. The molecule has 0 aliphatic rings. The largest absolute Gasteiger partial charge is 0.226 e. The number of alkyl halides is 19. The lowest BCUT2D eigenvalue weighted by molar-refractivity contribution is 0.445. The summed E-state index contributed by atoms with van der Waals surface area (Å²) in [6.07, 6.45) is 0. The van der Waals surface area contributed by atoms with E-state index in [1.807, 2.05) is 0 Å². The zero-order valence-corrected chi connectivity index (χ0v) is 28.8. The molecule has 0 heterocycles. The Morgan fingerprint density at radius 2 is 0.484 bits per heavy atom. The van der Waals surface area contributed by atoms with Crippen molar-refractivity contribution in [2.45, 2.75) is 38.5 Å². The van der Waals surface area contributed by atoms with Gasteiger partial charge in [-0.05, 0) is 0 Å². The van der Waals surface area contributed by atoms with Crippen LogP contribution in [0.1, 0.15) is 0 Å². The highest BCUT2D eigenvalue weighted by molar-refractivity contribution is 6.84. The summed E-state index contributed by atoms with van der Waals surface area (Å²) in [4.78, 5) is -0.853. The van der Waals surface area contributed by atoms with Crippen molar-refractivity contribution in [2.24, 2.45) is 0 Å². The Morgan fingerprint density at radius 3 is 0.677 bits per heavy atom. The van der Waals surface area contributed by atoms with Crippen LogP contribution in [0, 0.1) is 4.84 Å². The van der Waals surface area contributed by atoms with E-state index in [2.05, 4.69) is 0 Å². The van der Waals surface area contributed by atoms with Crippen molar-refractivity contribution in [3.8, 4) is 0 Å². The fraction of sp³-hybridized carbons (Fsp3) is 0.900. The summed E-state index contributed by atoms with van der Waals surface area (Å²) in [5.41, 5.74) is 0. The molecule has 0 nitrogen and oxygen atoms in total. The van der Waals surface area contributed by atoms with Crippen LogP contribution in [-0.4, -0.2) is 38.5 Å². The van der Waals surface area contributed by atoms with Crippen molar-refractivity contribution in [3.05, 3.63) is 4.84 Å². The zero-order chi connectivity index (χ0) is 26.1. The predicted molar refractivity (Wildman–Crippen MR) is 151 cm³/mol. The van der Waals surface area contributed by atoms with Gasteiger partial charge in [-0.3, -0.25) is 0 Å². The first-order valence-corrected chi connectivity index (χ1v) is 14.2. The second kappa shape index (κ2) is 11.2. The molecular weight excluding hydrogens is 865 g/mol. The molecule has 0 aliphatic heterocycles. The summed E-state index contributed by atoms with van der Waals surface area (Å²) >= 11 is 127. The van der Waals surface area contributed by atoms with Crippen LogP contribution in [0.25, 0.3) is 0 Å². The van der Waals surface area contributed by atoms with E-state index in [4.69, 9.17) is 244 Å². The fourth-order valence-electron chi connectivity index (χ4n) is 1.48. The Hall–Kier alpha value is 6.09. The number of rotatable bonds is 8. The maximum atomic E-state index is 6.26. The molecule has 0 aromatic rings. The summed E-state index contributed by atoms with van der Waals surface area (Å²) in [5, 5.41) is 0. The lowest BCUT2D eigenvalue weighted by atomic mass is 10.0. The van der Waals surface area contributed by atoms with E-state index in [1.165, 1.54) is 0 Å². The quantitative estimate of drug-likeness (QED) is 0.213. The van der Waals surface area contributed by atoms with Gasteiger partial charge in [-0.15, -0.1) is 0 Å². The minimum atomic E-state index is -3.15. The Bertz CT molecular complexity index is 650. The van der Waals surface area contributed by atoms with Gasteiger partial charge in [0.05, 0.1) is 0 Å². The topological polar surface area (TPSA) is 0 Å². The van der Waals surface area contributed by atoms with Gasteiger partial charge < -0.3 is 0 Å². The molecule has 187 valence electrons. The molecule has 31 heavy (non-hydrogen) atoms. The number of hydrogen-bond acceptors (Lipinski definition) is 0. The monoisotopic (exact) mass is 854 g/mol. The van der Waals surface area contributed by atoms with Crippen LogP contribution in [0.5, 0.6) is 0 Å². The minimum Gasteiger partial charge on any atom is -0.0946 e. The van der Waals surface area contributed by atoms with Crippen molar-refractivity contribution in [2.75, 3.05) is 0 Å². The highest BCUT2D eigenvalue weighted by Gasteiger charge is 2.82. The fourth-order valence-corrected chi connectivity index (χ4v) is 7.71. The number of hydrogen-bond donors (Lipinski definition) is 0. The van der Waals surface area contributed by atoms with E-state index in [9.17, 15) is 0 Å². The molecule has 0 unspecified atom stereocenters. The molecule has 0 bridgehead atoms. The van der Waals surface area contributed by atoms with Gasteiger partial charge in [0, 0.05) is 0 Å². The van der Waals surface area contributed by atoms with Crippen molar-refractivity contribution in [1.82, 2.24) is 0 Å². The van der Waals surface area contributed by atoms with Crippen LogP contribution in [-0.2, 0) is 0 Å². The smallest absolute Gasteiger partial charge is 0.0946 e. The van der Waals surface area contributed by atoms with E-state index in [0.29, 0.717) is 0 Å². The van der Waals surface area contributed by atoms with E-state index < -0.39 is 43.3 Å². The van der Waals surface area contributed by atoms with Gasteiger partial charge in [0.25, 0.3) is 0 Å². The van der Waals surface area contributed by atoms with Gasteiger partial charge in [0.2, 0.25) is 8.13 Å². The molecule has 21 heteroatoms. The molecule has 0 N–H and O–H groups in total. The molecule has 0 rings (SSSR count). The first-order valence-electron chi connectivity index (χ1n) is 6.22. The maximum Gasteiger partial charge on any atom is 0.226 e. The third-order valence-corrected chi connectivity index (χ3v) is 17.3. The van der Waals surface area contributed by atoms with Crippen molar-refractivity contribution >= 4 is 244 Å². The van der Waals surface area contributed by atoms with Crippen LogP contribution >= 0.6 is 244 Å². The summed E-state index contributed by atoms with van der Waals surface area (Å²) in [6, 6.07) is 0. The van der Waals surface area contributed by atoms with Crippen LogP contribution in [0.3, 0.4) is 0 Å². The first-order chi connectivity index (χ1) is 12.9. The molecule has 0 amide bonds. The van der Waals surface area contributed by atoms with Crippen LogP contribution in [0.4, 0.5) is 0 Å². The normalized spacial score (nSPS) is 16.8. The Kier molecular flexibility index (Phi) is 13.4. The standard InChI is InChI=1S/C10Cl21/c11-1(12)2(13,14)3(15,16)4(17,18)5(19,20)6(21,22)7(23,24)8(25,26)9(27,28)10(29,30)31.